The fraction of sp³-hybridized carbons (Fsp3) is 0.522. The molecule has 7 heteroatoms. The van der Waals surface area contributed by atoms with Crippen molar-refractivity contribution in [3.8, 4) is 5.75 Å². The maximum Gasteiger partial charge on any atom is 0.218 e. The zero-order valence-electron chi connectivity index (χ0n) is 18.0. The molecule has 0 bridgehead atoms. The summed E-state index contributed by atoms with van der Waals surface area (Å²) in [4.78, 5) is 4.05. The lowest BCUT2D eigenvalue weighted by atomic mass is 10.1. The van der Waals surface area contributed by atoms with Crippen LogP contribution < -0.4 is 4.74 Å². The van der Waals surface area contributed by atoms with Gasteiger partial charge in [0.2, 0.25) is 10.0 Å². The van der Waals surface area contributed by atoms with Gasteiger partial charge in [-0.2, -0.15) is 4.31 Å². The Morgan fingerprint density at radius 3 is 2.53 bits per heavy atom. The van der Waals surface area contributed by atoms with E-state index in [1.165, 1.54) is 0 Å². The van der Waals surface area contributed by atoms with E-state index in [2.05, 4.69) is 18.8 Å². The van der Waals surface area contributed by atoms with Crippen molar-refractivity contribution in [2.24, 2.45) is 0 Å². The molecule has 3 atom stereocenters. The van der Waals surface area contributed by atoms with Gasteiger partial charge in [0.05, 0.1) is 11.9 Å². The number of benzene rings is 1. The van der Waals surface area contributed by atoms with Crippen LogP contribution >= 0.6 is 0 Å². The van der Waals surface area contributed by atoms with Crippen LogP contribution in [0.3, 0.4) is 0 Å². The minimum atomic E-state index is -3.45. The third-order valence-corrected chi connectivity index (χ3v) is 7.56. The van der Waals surface area contributed by atoms with E-state index < -0.39 is 10.0 Å². The Balaban J connectivity index is 1.75. The van der Waals surface area contributed by atoms with Gasteiger partial charge < -0.3 is 9.47 Å². The third-order valence-electron chi connectivity index (χ3n) is 5.71. The van der Waals surface area contributed by atoms with Crippen LogP contribution in [0.15, 0.2) is 48.8 Å². The van der Waals surface area contributed by atoms with E-state index in [0.29, 0.717) is 12.3 Å². The van der Waals surface area contributed by atoms with Crippen LogP contribution in [0.5, 0.6) is 5.75 Å². The van der Waals surface area contributed by atoms with E-state index >= 15 is 0 Å². The average molecular weight is 433 g/mol. The molecule has 0 spiro atoms. The molecule has 30 heavy (non-hydrogen) atoms. The molecule has 2 aromatic rings. The number of hydrogen-bond donors (Lipinski definition) is 0. The number of sulfonamides is 1. The number of rotatable bonds is 10. The number of pyridine rings is 1. The topological polar surface area (TPSA) is 68.7 Å². The van der Waals surface area contributed by atoms with Crippen molar-refractivity contribution in [2.75, 3.05) is 13.7 Å². The van der Waals surface area contributed by atoms with Gasteiger partial charge in [0.15, 0.2) is 0 Å². The highest BCUT2D eigenvalue weighted by molar-refractivity contribution is 7.88. The Bertz CT molecular complexity index is 900. The van der Waals surface area contributed by atoms with Gasteiger partial charge in [-0.1, -0.05) is 26.0 Å². The van der Waals surface area contributed by atoms with Crippen LogP contribution in [0.4, 0.5) is 0 Å². The minimum absolute atomic E-state index is 0.00751. The first kappa shape index (κ1) is 22.7. The molecule has 3 rings (SSSR count). The number of aromatic nitrogens is 1. The summed E-state index contributed by atoms with van der Waals surface area (Å²) in [5.74, 6) is 0.640. The predicted molar refractivity (Wildman–Crippen MR) is 118 cm³/mol. The Morgan fingerprint density at radius 2 is 1.87 bits per heavy atom. The van der Waals surface area contributed by atoms with Gasteiger partial charge in [-0.3, -0.25) is 4.98 Å². The van der Waals surface area contributed by atoms with Crippen LogP contribution in [0, 0.1) is 0 Å². The lowest BCUT2D eigenvalue weighted by molar-refractivity contribution is -0.00154. The van der Waals surface area contributed by atoms with Crippen LogP contribution in [0.2, 0.25) is 0 Å². The zero-order chi connectivity index (χ0) is 21.6. The van der Waals surface area contributed by atoms with E-state index in [1.807, 2.05) is 36.4 Å². The van der Waals surface area contributed by atoms with Crippen molar-refractivity contribution in [2.45, 2.75) is 63.5 Å². The van der Waals surface area contributed by atoms with Crippen LogP contribution in [0.25, 0.3) is 0 Å². The molecule has 3 unspecified atom stereocenters. The van der Waals surface area contributed by atoms with Gasteiger partial charge in [0.1, 0.15) is 11.9 Å². The van der Waals surface area contributed by atoms with Gasteiger partial charge in [-0.25, -0.2) is 8.42 Å². The molecule has 1 aliphatic heterocycles. The van der Waals surface area contributed by atoms with Crippen molar-refractivity contribution in [3.63, 3.8) is 0 Å². The summed E-state index contributed by atoms with van der Waals surface area (Å²) in [6, 6.07) is 11.1. The molecule has 0 amide bonds. The van der Waals surface area contributed by atoms with Crippen LogP contribution in [-0.4, -0.2) is 43.6 Å². The molecular formula is C23H32N2O4S. The number of nitrogens with zero attached hydrogens (tertiary/aromatic N) is 2. The lowest BCUT2D eigenvalue weighted by Crippen LogP contribution is -2.32. The van der Waals surface area contributed by atoms with Crippen LogP contribution in [-0.2, 0) is 20.5 Å². The van der Waals surface area contributed by atoms with Crippen LogP contribution in [0.1, 0.15) is 56.7 Å². The van der Waals surface area contributed by atoms with Crippen molar-refractivity contribution in [1.82, 2.24) is 9.29 Å². The molecule has 6 nitrogen and oxygen atoms in total. The van der Waals surface area contributed by atoms with Crippen molar-refractivity contribution in [1.29, 1.82) is 0 Å². The fourth-order valence-corrected chi connectivity index (χ4v) is 5.96. The van der Waals surface area contributed by atoms with Gasteiger partial charge in [-0.15, -0.1) is 0 Å². The second-order valence-electron chi connectivity index (χ2n) is 7.70. The first-order chi connectivity index (χ1) is 14.5. The zero-order valence-corrected chi connectivity index (χ0v) is 18.8. The van der Waals surface area contributed by atoms with Gasteiger partial charge in [0.25, 0.3) is 0 Å². The molecule has 1 aliphatic rings. The molecular weight excluding hydrogens is 400 g/mol. The van der Waals surface area contributed by atoms with E-state index in [0.717, 1.165) is 36.8 Å². The average Bonchev–Trinajstić information content (AvgIpc) is 3.25. The summed E-state index contributed by atoms with van der Waals surface area (Å²) < 4.78 is 39.8. The Hall–Kier alpha value is -1.96. The monoisotopic (exact) mass is 432 g/mol. The van der Waals surface area contributed by atoms with Crippen molar-refractivity contribution >= 4 is 10.0 Å². The van der Waals surface area contributed by atoms with Gasteiger partial charge in [-0.05, 0) is 61.1 Å². The van der Waals surface area contributed by atoms with Gasteiger partial charge >= 0.3 is 0 Å². The highest BCUT2D eigenvalue weighted by Crippen LogP contribution is 2.35. The maximum atomic E-state index is 13.2. The molecule has 0 saturated carbocycles. The van der Waals surface area contributed by atoms with Crippen molar-refractivity contribution in [3.05, 3.63) is 59.9 Å². The second-order valence-corrected chi connectivity index (χ2v) is 9.62. The highest BCUT2D eigenvalue weighted by Gasteiger charge is 2.35. The molecule has 1 aromatic carbocycles. The number of ether oxygens (including phenoxy) is 2. The largest absolute Gasteiger partial charge is 0.488 e. The molecule has 0 N–H and O–H groups in total. The SMILES string of the molecule is CCC(OC)C(CC)Oc1cccc(CS(=O)(=O)N2CCCC2c2ccncc2)c1. The molecule has 0 aliphatic carbocycles. The van der Waals surface area contributed by atoms with E-state index in [9.17, 15) is 8.42 Å². The Kier molecular flexibility index (Phi) is 7.86. The van der Waals surface area contributed by atoms with E-state index in [-0.39, 0.29) is 24.0 Å². The van der Waals surface area contributed by atoms with Crippen molar-refractivity contribution < 1.29 is 17.9 Å². The summed E-state index contributed by atoms with van der Waals surface area (Å²) in [6.45, 7) is 4.68. The number of hydrogen-bond acceptors (Lipinski definition) is 5. The molecule has 1 aromatic heterocycles. The summed E-state index contributed by atoms with van der Waals surface area (Å²) in [6.07, 6.45) is 6.74. The molecule has 2 heterocycles. The standard InChI is InChI=1S/C23H32N2O4S/c1-4-22(28-3)23(5-2)29-20-9-6-8-18(16-20)17-30(26,27)25-15-7-10-21(25)19-11-13-24-14-12-19/h6,8-9,11-14,16,21-23H,4-5,7,10,15,17H2,1-3H3. The summed E-state index contributed by atoms with van der Waals surface area (Å²) in [7, 11) is -1.76. The molecule has 1 fully saturated rings. The molecule has 0 radical (unpaired) electrons. The Labute approximate surface area is 180 Å². The molecule has 164 valence electrons. The minimum Gasteiger partial charge on any atom is -0.488 e. The third kappa shape index (κ3) is 5.39. The second kappa shape index (κ2) is 10.4. The summed E-state index contributed by atoms with van der Waals surface area (Å²) >= 11 is 0. The summed E-state index contributed by atoms with van der Waals surface area (Å²) in [5.41, 5.74) is 1.73. The summed E-state index contributed by atoms with van der Waals surface area (Å²) in [5, 5.41) is 0. The predicted octanol–water partition coefficient (Wildman–Crippen LogP) is 4.33. The smallest absolute Gasteiger partial charge is 0.218 e. The van der Waals surface area contributed by atoms with E-state index in [1.54, 1.807) is 23.8 Å². The van der Waals surface area contributed by atoms with Gasteiger partial charge in [0, 0.05) is 32.1 Å². The normalized spacial score (nSPS) is 19.5. The number of methoxy groups -OCH3 is 1. The first-order valence-corrected chi connectivity index (χ1v) is 12.3. The quantitative estimate of drug-likeness (QED) is 0.559. The maximum absolute atomic E-state index is 13.2. The highest BCUT2D eigenvalue weighted by atomic mass is 32.2. The molecule has 1 saturated heterocycles. The fourth-order valence-electron chi connectivity index (χ4n) is 4.17. The first-order valence-electron chi connectivity index (χ1n) is 10.7. The Morgan fingerprint density at radius 1 is 1.13 bits per heavy atom. The lowest BCUT2D eigenvalue weighted by Gasteiger charge is -2.26. The van der Waals surface area contributed by atoms with E-state index in [4.69, 9.17) is 9.47 Å².